The van der Waals surface area contributed by atoms with Gasteiger partial charge in [0.05, 0.1) is 27.8 Å². The first-order chi connectivity index (χ1) is 14.6. The molecule has 3 aromatic heterocycles. The molecule has 1 aliphatic heterocycles. The van der Waals surface area contributed by atoms with E-state index in [-0.39, 0.29) is 0 Å². The first kappa shape index (κ1) is 19.3. The third kappa shape index (κ3) is 3.52. The fourth-order valence-electron chi connectivity index (χ4n) is 3.71. The molecule has 10 heteroatoms. The average Bonchev–Trinajstić information content (AvgIpc) is 3.47. The van der Waals surface area contributed by atoms with E-state index in [0.717, 1.165) is 41.7 Å². The number of hydrogen-bond acceptors (Lipinski definition) is 6. The number of benzene rings is 1. The number of halogens is 2. The molecule has 0 amide bonds. The number of nitrogens with two attached hydrogens (primary N) is 1. The summed E-state index contributed by atoms with van der Waals surface area (Å²) in [7, 11) is 0. The minimum Gasteiger partial charge on any atom is -0.471 e. The van der Waals surface area contributed by atoms with E-state index in [1.165, 1.54) is 12.4 Å². The van der Waals surface area contributed by atoms with Crippen LogP contribution >= 0.6 is 23.2 Å². The Balaban J connectivity index is 1.45. The van der Waals surface area contributed by atoms with E-state index >= 15 is 0 Å². The van der Waals surface area contributed by atoms with Crippen molar-refractivity contribution in [2.45, 2.75) is 18.7 Å². The lowest BCUT2D eigenvalue weighted by molar-refractivity contribution is 0.214. The second-order valence-electron chi connectivity index (χ2n) is 7.19. The summed E-state index contributed by atoms with van der Waals surface area (Å²) in [6.45, 7) is 1.94. The Hall–Kier alpha value is -2.65. The highest BCUT2D eigenvalue weighted by Crippen LogP contribution is 2.33. The van der Waals surface area contributed by atoms with Gasteiger partial charge in [0.15, 0.2) is 6.23 Å². The number of aromatic nitrogens is 5. The van der Waals surface area contributed by atoms with Gasteiger partial charge >= 0.3 is 0 Å². The Labute approximate surface area is 182 Å². The zero-order valence-electron chi connectivity index (χ0n) is 15.8. The second-order valence-corrected chi connectivity index (χ2v) is 8.00. The van der Waals surface area contributed by atoms with Crippen LogP contribution in [0.2, 0.25) is 10.0 Å². The number of nitrogens with zero attached hydrogens (tertiary/aromatic N) is 4. The minimum atomic E-state index is -0.835. The van der Waals surface area contributed by atoms with Crippen molar-refractivity contribution in [3.8, 4) is 17.0 Å². The number of hydrogen-bond donors (Lipinski definition) is 3. The lowest BCUT2D eigenvalue weighted by Gasteiger charge is -2.17. The third-order valence-corrected chi connectivity index (χ3v) is 5.86. The van der Waals surface area contributed by atoms with Gasteiger partial charge in [-0.05, 0) is 31.2 Å². The molecule has 8 nitrogen and oxygen atoms in total. The number of pyridine rings is 1. The lowest BCUT2D eigenvalue weighted by Crippen LogP contribution is -2.18. The van der Waals surface area contributed by atoms with Crippen molar-refractivity contribution in [1.29, 1.82) is 0 Å². The Morgan fingerprint density at radius 3 is 2.80 bits per heavy atom. The summed E-state index contributed by atoms with van der Waals surface area (Å²) < 4.78 is 7.93. The van der Waals surface area contributed by atoms with Crippen molar-refractivity contribution in [2.75, 3.05) is 13.1 Å². The number of H-pyrrole nitrogens is 1. The van der Waals surface area contributed by atoms with Crippen LogP contribution in [-0.4, -0.2) is 38.1 Å². The molecular weight excluding hydrogens is 425 g/mol. The molecule has 0 bridgehead atoms. The molecule has 154 valence electrons. The smallest absolute Gasteiger partial charge is 0.177 e. The number of ether oxygens (including phenoxy) is 1. The molecule has 30 heavy (non-hydrogen) atoms. The van der Waals surface area contributed by atoms with Crippen LogP contribution in [0.15, 0.2) is 43.0 Å². The fourth-order valence-corrected chi connectivity index (χ4v) is 4.29. The molecule has 1 aliphatic rings. The molecular formula is C20H19Cl2N7O. The van der Waals surface area contributed by atoms with Gasteiger partial charge in [0.2, 0.25) is 0 Å². The summed E-state index contributed by atoms with van der Waals surface area (Å²) in [6.07, 6.45) is 7.07. The van der Waals surface area contributed by atoms with Crippen molar-refractivity contribution in [1.82, 2.24) is 30.3 Å². The molecule has 4 heterocycles. The van der Waals surface area contributed by atoms with E-state index in [2.05, 4.69) is 25.6 Å². The van der Waals surface area contributed by atoms with Crippen LogP contribution in [0.1, 0.15) is 24.3 Å². The molecule has 0 radical (unpaired) electrons. The molecule has 0 spiro atoms. The Bertz CT molecular complexity index is 1180. The van der Waals surface area contributed by atoms with Gasteiger partial charge in [-0.25, -0.2) is 0 Å². The maximum Gasteiger partial charge on any atom is 0.177 e. The van der Waals surface area contributed by atoms with Gasteiger partial charge in [0.1, 0.15) is 11.4 Å². The quantitative estimate of drug-likeness (QED) is 0.406. The van der Waals surface area contributed by atoms with Gasteiger partial charge < -0.3 is 10.1 Å². The van der Waals surface area contributed by atoms with Gasteiger partial charge in [-0.2, -0.15) is 10.2 Å². The molecule has 4 aromatic rings. The predicted molar refractivity (Wildman–Crippen MR) is 116 cm³/mol. The zero-order valence-corrected chi connectivity index (χ0v) is 17.4. The van der Waals surface area contributed by atoms with E-state index < -0.39 is 6.23 Å². The highest BCUT2D eigenvalue weighted by Gasteiger charge is 2.20. The van der Waals surface area contributed by atoms with Crippen molar-refractivity contribution in [3.63, 3.8) is 0 Å². The highest BCUT2D eigenvalue weighted by atomic mass is 35.5. The van der Waals surface area contributed by atoms with Crippen LogP contribution in [0.25, 0.3) is 22.2 Å². The number of aromatic amines is 1. The Kier molecular flexibility index (Phi) is 5.08. The minimum absolute atomic E-state index is 0.355. The number of fused-ring (bicyclic) bond motifs is 1. The van der Waals surface area contributed by atoms with Crippen molar-refractivity contribution in [2.24, 2.45) is 5.73 Å². The molecule has 5 rings (SSSR count). The van der Waals surface area contributed by atoms with Crippen molar-refractivity contribution >= 4 is 34.1 Å². The molecule has 4 N–H and O–H groups in total. The standard InChI is InChI=1S/C20H19Cl2N7O/c21-15-8-25-9-16(22)18(15)20(23)30-13-1-2-17-14(5-13)19(28-27-17)11-6-26-29(10-11)12-3-4-24-7-12/h1-2,5-6,8-10,12,20,24H,3-4,7,23H2,(H,27,28)/t12-,20-/m0/s1. The van der Waals surface area contributed by atoms with Crippen molar-refractivity contribution in [3.05, 3.63) is 58.6 Å². The van der Waals surface area contributed by atoms with Crippen LogP contribution in [0.3, 0.4) is 0 Å². The molecule has 2 atom stereocenters. The first-order valence-electron chi connectivity index (χ1n) is 9.54. The molecule has 0 saturated carbocycles. The average molecular weight is 444 g/mol. The molecule has 1 fully saturated rings. The topological polar surface area (TPSA) is 107 Å². The predicted octanol–water partition coefficient (Wildman–Crippen LogP) is 3.70. The van der Waals surface area contributed by atoms with Gasteiger partial charge in [0, 0.05) is 41.6 Å². The summed E-state index contributed by atoms with van der Waals surface area (Å²) in [5.74, 6) is 0.578. The van der Waals surface area contributed by atoms with E-state index in [4.69, 9.17) is 33.7 Å². The van der Waals surface area contributed by atoms with Crippen LogP contribution < -0.4 is 15.8 Å². The van der Waals surface area contributed by atoms with Gasteiger partial charge in [-0.1, -0.05) is 23.2 Å². The van der Waals surface area contributed by atoms with E-state index in [1.54, 1.807) is 0 Å². The molecule has 1 aromatic carbocycles. The van der Waals surface area contributed by atoms with Crippen molar-refractivity contribution < 1.29 is 4.74 Å². The highest BCUT2D eigenvalue weighted by molar-refractivity contribution is 6.35. The van der Waals surface area contributed by atoms with Crippen LogP contribution in [0, 0.1) is 0 Å². The van der Waals surface area contributed by atoms with Crippen LogP contribution in [-0.2, 0) is 0 Å². The van der Waals surface area contributed by atoms with Gasteiger partial charge in [0.25, 0.3) is 0 Å². The van der Waals surface area contributed by atoms with E-state index in [0.29, 0.717) is 27.4 Å². The van der Waals surface area contributed by atoms with Crippen LogP contribution in [0.4, 0.5) is 0 Å². The summed E-state index contributed by atoms with van der Waals surface area (Å²) in [6, 6.07) is 5.98. The lowest BCUT2D eigenvalue weighted by atomic mass is 10.1. The van der Waals surface area contributed by atoms with E-state index in [1.807, 2.05) is 35.3 Å². The molecule has 1 saturated heterocycles. The second kappa shape index (κ2) is 7.88. The summed E-state index contributed by atoms with van der Waals surface area (Å²) in [5.41, 5.74) is 9.34. The fraction of sp³-hybridized carbons (Fsp3) is 0.250. The summed E-state index contributed by atoms with van der Waals surface area (Å²) in [4.78, 5) is 3.94. The zero-order chi connectivity index (χ0) is 20.7. The summed E-state index contributed by atoms with van der Waals surface area (Å²) in [5, 5.41) is 17.0. The maximum absolute atomic E-state index is 6.21. The van der Waals surface area contributed by atoms with Gasteiger partial charge in [-0.3, -0.25) is 20.5 Å². The van der Waals surface area contributed by atoms with Crippen LogP contribution in [0.5, 0.6) is 5.75 Å². The third-order valence-electron chi connectivity index (χ3n) is 5.26. The molecule has 0 unspecified atom stereocenters. The largest absolute Gasteiger partial charge is 0.471 e. The Morgan fingerprint density at radius 1 is 1.20 bits per heavy atom. The summed E-state index contributed by atoms with van der Waals surface area (Å²) >= 11 is 12.4. The first-order valence-corrected chi connectivity index (χ1v) is 10.3. The Morgan fingerprint density at radius 2 is 2.03 bits per heavy atom. The normalized spacial score (nSPS) is 17.5. The SMILES string of the molecule is N[C@@H](Oc1ccc2[nH]nc(-c3cnn([C@H]4CCNC4)c3)c2c1)c1c(Cl)cncc1Cl. The van der Waals surface area contributed by atoms with E-state index in [9.17, 15) is 0 Å². The molecule has 0 aliphatic carbocycles. The number of rotatable bonds is 5. The monoisotopic (exact) mass is 443 g/mol. The van der Waals surface area contributed by atoms with Gasteiger partial charge in [-0.15, -0.1) is 0 Å². The maximum atomic E-state index is 6.21. The number of nitrogens with one attached hydrogen (secondary N) is 2.